The Bertz CT molecular complexity index is 974. The van der Waals surface area contributed by atoms with E-state index in [1.165, 1.54) is 17.3 Å². The van der Waals surface area contributed by atoms with Gasteiger partial charge in [0.1, 0.15) is 24.3 Å². The maximum Gasteiger partial charge on any atom is 0.310 e. The highest BCUT2D eigenvalue weighted by atomic mass is 32.2. The summed E-state index contributed by atoms with van der Waals surface area (Å²) in [6.45, 7) is 3.39. The maximum absolute atomic E-state index is 12.9. The van der Waals surface area contributed by atoms with Gasteiger partial charge >= 0.3 is 5.97 Å². The Kier molecular flexibility index (Phi) is 10.2. The molecule has 0 saturated carbocycles. The van der Waals surface area contributed by atoms with E-state index < -0.39 is 48.3 Å². The number of amides is 2. The third kappa shape index (κ3) is 7.93. The SMILES string of the molecule is C/C1=C/CC[C@@]2(C)O[C@@H]2[C@H]2OC(=O)C(CSC[C@H](NC(=O)CC[C@H]([NH3+])C(=O)[O-])C(=O)NCC(=O)[O-])[C@@H]2CC1. The predicted molar refractivity (Wildman–Crippen MR) is 131 cm³/mol. The first-order valence-electron chi connectivity index (χ1n) is 12.8. The summed E-state index contributed by atoms with van der Waals surface area (Å²) in [7, 11) is 0. The standard InChI is InChI=1S/C25H37N3O9S/c1-13-4-3-9-25(2)21(37-25)20-14(6-5-13)15(24(35)36-20)11-38-12-17(22(32)27-10-19(30)31)28-18(29)8-7-16(26)23(33)34/h4,14-17,20-21H,3,5-12,26H2,1-2H3,(H,27,32)(H,28,29)(H,30,31)(H,33,34)/p-1/b13-4-/t14-,15?,16-,17-,20-,21+,25+/m0/s1. The van der Waals surface area contributed by atoms with E-state index in [1.54, 1.807) is 0 Å². The average molecular weight is 555 g/mol. The highest BCUT2D eigenvalue weighted by Crippen LogP contribution is 2.50. The zero-order valence-corrected chi connectivity index (χ0v) is 22.5. The number of fused-ring (bicyclic) bond motifs is 3. The first-order valence-corrected chi connectivity index (χ1v) is 14.0. The molecule has 0 bridgehead atoms. The Morgan fingerprint density at radius 3 is 2.71 bits per heavy atom. The topological polar surface area (TPSA) is 205 Å². The van der Waals surface area contributed by atoms with Crippen LogP contribution < -0.4 is 26.6 Å². The van der Waals surface area contributed by atoms with E-state index in [4.69, 9.17) is 9.47 Å². The normalized spacial score (nSPS) is 31.3. The molecule has 3 aliphatic rings. The van der Waals surface area contributed by atoms with Crippen LogP contribution in [-0.2, 0) is 33.4 Å². The number of thioether (sulfide) groups is 1. The molecule has 0 aromatic rings. The summed E-state index contributed by atoms with van der Waals surface area (Å²) in [5.41, 5.74) is 4.34. The zero-order valence-electron chi connectivity index (χ0n) is 21.7. The highest BCUT2D eigenvalue weighted by molar-refractivity contribution is 7.99. The number of carboxylic acids is 2. The lowest BCUT2D eigenvalue weighted by atomic mass is 9.81. The van der Waals surface area contributed by atoms with Crippen molar-refractivity contribution in [3.8, 4) is 0 Å². The number of hydrogen-bond acceptors (Lipinski definition) is 10. The number of nitrogens with one attached hydrogen (secondary N) is 2. The number of carboxylic acid groups (broad SMARTS) is 2. The molecule has 0 aromatic carbocycles. The summed E-state index contributed by atoms with van der Waals surface area (Å²) in [4.78, 5) is 59.4. The summed E-state index contributed by atoms with van der Waals surface area (Å²) in [5.74, 6) is -4.55. The summed E-state index contributed by atoms with van der Waals surface area (Å²) in [6.07, 6.45) is 4.83. The average Bonchev–Trinajstić information content (AvgIpc) is 3.42. The second-order valence-corrected chi connectivity index (χ2v) is 11.5. The van der Waals surface area contributed by atoms with Gasteiger partial charge in [-0.1, -0.05) is 11.6 Å². The molecular weight excluding hydrogens is 518 g/mol. The van der Waals surface area contributed by atoms with E-state index in [1.807, 2.05) is 6.92 Å². The molecule has 0 radical (unpaired) electrons. The summed E-state index contributed by atoms with van der Waals surface area (Å²) < 4.78 is 11.8. The summed E-state index contributed by atoms with van der Waals surface area (Å²) in [6, 6.07) is -2.19. The zero-order chi connectivity index (χ0) is 28.0. The van der Waals surface area contributed by atoms with E-state index in [-0.39, 0.29) is 48.3 Å². The molecule has 7 atom stereocenters. The molecule has 2 amide bonds. The molecule has 1 unspecified atom stereocenters. The fraction of sp³-hybridized carbons (Fsp3) is 0.720. The Morgan fingerprint density at radius 1 is 1.29 bits per heavy atom. The van der Waals surface area contributed by atoms with Gasteiger partial charge in [0.15, 0.2) is 0 Å². The number of allylic oxidation sites excluding steroid dienone is 2. The van der Waals surface area contributed by atoms with Gasteiger partial charge in [-0.15, -0.1) is 0 Å². The monoisotopic (exact) mass is 554 g/mol. The number of rotatable bonds is 12. The Balaban J connectivity index is 1.62. The van der Waals surface area contributed by atoms with Gasteiger partial charge in [-0.2, -0.15) is 11.8 Å². The number of hydrogen-bond donors (Lipinski definition) is 3. The highest BCUT2D eigenvalue weighted by Gasteiger charge is 2.62. The van der Waals surface area contributed by atoms with E-state index in [2.05, 4.69) is 29.4 Å². The Labute approximate surface area is 225 Å². The predicted octanol–water partition coefficient (Wildman–Crippen LogP) is -2.95. The Hall–Kier alpha value is -2.64. The minimum absolute atomic E-state index is 0.0538. The molecule has 1 aliphatic carbocycles. The molecule has 2 aliphatic heterocycles. The van der Waals surface area contributed by atoms with Gasteiger partial charge in [0, 0.05) is 30.3 Å². The number of ether oxygens (including phenoxy) is 2. The van der Waals surface area contributed by atoms with Crippen molar-refractivity contribution in [3.63, 3.8) is 0 Å². The molecule has 212 valence electrons. The minimum Gasteiger partial charge on any atom is -0.548 e. The number of carbonyl (C=O) groups excluding carboxylic acids is 5. The van der Waals surface area contributed by atoms with Crippen LogP contribution in [0.15, 0.2) is 11.6 Å². The first kappa shape index (κ1) is 29.9. The number of esters is 1. The van der Waals surface area contributed by atoms with Gasteiger partial charge in [-0.25, -0.2) is 0 Å². The van der Waals surface area contributed by atoms with Crippen molar-refractivity contribution >= 4 is 41.5 Å². The lowest BCUT2D eigenvalue weighted by Gasteiger charge is -2.23. The molecule has 13 heteroatoms. The molecular formula is C25H36N3O9S-. The van der Waals surface area contributed by atoms with Crippen LogP contribution in [-0.4, -0.2) is 77.7 Å². The molecule has 2 saturated heterocycles. The molecule has 5 N–H and O–H groups in total. The fourth-order valence-electron chi connectivity index (χ4n) is 5.00. The Morgan fingerprint density at radius 2 is 2.03 bits per heavy atom. The van der Waals surface area contributed by atoms with Crippen LogP contribution in [0.2, 0.25) is 0 Å². The van der Waals surface area contributed by atoms with Gasteiger partial charge in [-0.05, 0) is 39.5 Å². The van der Waals surface area contributed by atoms with Crippen molar-refractivity contribution in [1.29, 1.82) is 0 Å². The van der Waals surface area contributed by atoms with Crippen molar-refractivity contribution in [2.24, 2.45) is 11.8 Å². The van der Waals surface area contributed by atoms with E-state index in [9.17, 15) is 34.2 Å². The lowest BCUT2D eigenvalue weighted by molar-refractivity contribution is -0.438. The van der Waals surface area contributed by atoms with Crippen LogP contribution in [0.5, 0.6) is 0 Å². The van der Waals surface area contributed by atoms with E-state index in [0.717, 1.165) is 25.7 Å². The number of quaternary nitrogens is 1. The van der Waals surface area contributed by atoms with E-state index >= 15 is 0 Å². The minimum atomic E-state index is -1.49. The second-order valence-electron chi connectivity index (χ2n) is 10.5. The number of aliphatic carboxylic acids is 2. The lowest BCUT2D eigenvalue weighted by Crippen LogP contribution is -2.68. The van der Waals surface area contributed by atoms with Crippen molar-refractivity contribution in [3.05, 3.63) is 11.6 Å². The summed E-state index contributed by atoms with van der Waals surface area (Å²) >= 11 is 1.28. The number of epoxide rings is 1. The van der Waals surface area contributed by atoms with Crippen molar-refractivity contribution in [1.82, 2.24) is 10.6 Å². The van der Waals surface area contributed by atoms with Gasteiger partial charge in [0.05, 0.1) is 30.0 Å². The van der Waals surface area contributed by atoms with Crippen LogP contribution in [0, 0.1) is 11.8 Å². The van der Waals surface area contributed by atoms with Crippen LogP contribution in [0.4, 0.5) is 0 Å². The maximum atomic E-state index is 12.9. The second kappa shape index (κ2) is 12.9. The van der Waals surface area contributed by atoms with Gasteiger partial charge in [-0.3, -0.25) is 14.4 Å². The van der Waals surface area contributed by atoms with Crippen LogP contribution in [0.1, 0.15) is 52.4 Å². The van der Waals surface area contributed by atoms with Crippen molar-refractivity contribution in [2.75, 3.05) is 18.1 Å². The van der Waals surface area contributed by atoms with Gasteiger partial charge in [0.25, 0.3) is 0 Å². The van der Waals surface area contributed by atoms with Crippen molar-refractivity contribution < 1.29 is 49.4 Å². The smallest absolute Gasteiger partial charge is 0.310 e. The molecule has 0 spiro atoms. The molecule has 12 nitrogen and oxygen atoms in total. The third-order valence-corrected chi connectivity index (χ3v) is 8.60. The largest absolute Gasteiger partial charge is 0.548 e. The van der Waals surface area contributed by atoms with Crippen LogP contribution >= 0.6 is 11.8 Å². The summed E-state index contributed by atoms with van der Waals surface area (Å²) in [5, 5.41) is 26.3. The van der Waals surface area contributed by atoms with Crippen LogP contribution in [0.25, 0.3) is 0 Å². The third-order valence-electron chi connectivity index (χ3n) is 7.43. The first-order chi connectivity index (χ1) is 17.9. The quantitative estimate of drug-likeness (QED) is 0.127. The van der Waals surface area contributed by atoms with Crippen LogP contribution in [0.3, 0.4) is 0 Å². The molecule has 3 rings (SSSR count). The van der Waals surface area contributed by atoms with Gasteiger partial charge < -0.3 is 45.6 Å². The van der Waals surface area contributed by atoms with E-state index in [0.29, 0.717) is 5.75 Å². The van der Waals surface area contributed by atoms with Gasteiger partial charge in [0.2, 0.25) is 11.8 Å². The molecule has 2 heterocycles. The fourth-order valence-corrected chi connectivity index (χ4v) is 6.24. The molecule has 2 fully saturated rings. The number of carbonyl (C=O) groups is 5. The molecule has 0 aromatic heterocycles. The molecule has 38 heavy (non-hydrogen) atoms. The van der Waals surface area contributed by atoms with Crippen molar-refractivity contribution in [2.45, 2.75) is 82.3 Å².